The van der Waals surface area contributed by atoms with Gasteiger partial charge in [-0.25, -0.2) is 0 Å². The number of hydrogen-bond acceptors (Lipinski definition) is 24. The normalized spacial score (nSPS) is 47.5. The number of methoxy groups -OCH3 is 12. The molecule has 6 saturated heterocycles. The molecule has 6 aromatic carbocycles. The minimum atomic E-state index is -4.29. The minimum absolute atomic E-state index is 0.00897. The van der Waals surface area contributed by atoms with Crippen LogP contribution < -0.4 is 56.8 Å². The molecule has 0 aromatic heterocycles. The number of aliphatic hydroxyl groups is 6. The van der Waals surface area contributed by atoms with Gasteiger partial charge in [-0.05, 0) is 324 Å². The van der Waals surface area contributed by atoms with Gasteiger partial charge < -0.3 is 87.5 Å². The van der Waals surface area contributed by atoms with Gasteiger partial charge in [-0.15, -0.1) is 0 Å². The zero-order valence-electron chi connectivity index (χ0n) is 163. The van der Waals surface area contributed by atoms with Crippen molar-refractivity contribution in [3.8, 4) is 69.0 Å². The second-order valence-electron chi connectivity index (χ2n) is 35.8. The summed E-state index contributed by atoms with van der Waals surface area (Å²) in [6.45, 7) is -32.2. The molecule has 12 aliphatic heterocycles. The van der Waals surface area contributed by atoms with Crippen molar-refractivity contribution in [2.24, 2.45) is 69.4 Å². The van der Waals surface area contributed by atoms with E-state index in [-0.39, 0.29) is 227 Å². The monoisotopic (exact) mass is 2040 g/mol. The van der Waals surface area contributed by atoms with Crippen molar-refractivity contribution in [2.45, 2.75) is 291 Å². The second kappa shape index (κ2) is 48.4. The van der Waals surface area contributed by atoms with Gasteiger partial charge in [0.25, 0.3) is 0 Å². The lowest BCUT2D eigenvalue weighted by atomic mass is 9.75. The largest absolute Gasteiger partial charge is 0.493 e. The minimum Gasteiger partial charge on any atom is -0.493 e. The molecule has 12 heterocycles. The van der Waals surface area contributed by atoms with E-state index < -0.39 is 374 Å². The summed E-state index contributed by atoms with van der Waals surface area (Å²) >= 11 is 0. The second-order valence-corrected chi connectivity index (χ2v) is 35.8. The van der Waals surface area contributed by atoms with Gasteiger partial charge in [0.15, 0.2) is 69.0 Å². The number of ether oxygens (including phenoxy) is 12. The standard InChI is InChI=1S/3C20H31NO3.3C19H29NO3/c3*1-20(2,3)11-14-12-21-7-6-13-8-18(23-4)19(24-5)9-15(13)16(21)10-17(14)22;3*1-12(2)7-14-11-20-6-5-13-8-18(22-3)19(23-4)9-15(13)16(20)10-17(14)21/h3*8-9,14,16-17,22H,6-7,10-12H2,1-5H3;3*8-9,12,14,16-17,21H,5-7,10-11H2,1-4H3/i1D3,2D3,5D3,8D,9D,10D2,11D2,12D2,14D,17D;2*1D3,2D3,8D,9D,10D2,11D2,12D2,14D,17D;2*4D3,8D,9D,10D2,11D2,14D,17D;8D,9D,10D2,11D2,14D,17D. The molecular formula is C117H180N6O18. The van der Waals surface area contributed by atoms with Crippen molar-refractivity contribution in [2.75, 3.05) is 163 Å². The first kappa shape index (κ1) is 45.6. The van der Waals surface area contributed by atoms with E-state index in [4.69, 9.17) is 168 Å². The van der Waals surface area contributed by atoms with E-state index in [0.717, 1.165) is 36.0 Å². The van der Waals surface area contributed by atoms with Gasteiger partial charge in [0, 0.05) is 189 Å². The highest BCUT2D eigenvalue weighted by atomic mass is 16.5. The third kappa shape index (κ3) is 26.9. The summed E-state index contributed by atoms with van der Waals surface area (Å²) in [5.74, 6) is -25.4. The number of hydrogen-bond donors (Lipinski definition) is 6. The van der Waals surface area contributed by atoms with Crippen LogP contribution in [0.2, 0.25) is 0 Å². The van der Waals surface area contributed by atoms with Gasteiger partial charge in [0.05, 0.1) is 159 Å². The van der Waals surface area contributed by atoms with Crippen LogP contribution in [0.15, 0.2) is 72.5 Å². The summed E-state index contributed by atoms with van der Waals surface area (Å²) < 4.78 is 743. The van der Waals surface area contributed by atoms with E-state index in [9.17, 15) is 30.6 Å². The number of piperidine rings is 6. The smallest absolute Gasteiger partial charge is 0.161 e. The Balaban J connectivity index is 0.000000212. The van der Waals surface area contributed by atoms with Crippen LogP contribution in [0.3, 0.4) is 0 Å². The molecule has 0 aliphatic carbocycles. The Hall–Kier alpha value is -7.56. The van der Waals surface area contributed by atoms with Gasteiger partial charge in [-0.1, -0.05) is 103 Å². The third-order valence-electron chi connectivity index (χ3n) is 23.3. The Bertz CT molecular complexity index is 8760. The lowest BCUT2D eigenvalue weighted by Crippen LogP contribution is -2.48. The molecule has 18 atom stereocenters. The lowest BCUT2D eigenvalue weighted by Gasteiger charge is -2.47. The van der Waals surface area contributed by atoms with Crippen LogP contribution in [-0.4, -0.2) is 260 Å². The zero-order chi connectivity index (χ0) is 173. The average molecular weight is 2040 g/mol. The molecule has 0 radical (unpaired) electrons. The summed E-state index contributed by atoms with van der Waals surface area (Å²) in [4.78, 5) is 4.80. The summed E-state index contributed by atoms with van der Waals surface area (Å²) in [7, 11) is 1.45. The fraction of sp³-hybridized carbons (Fsp3) is 0.692. The predicted molar refractivity (Wildman–Crippen MR) is 561 cm³/mol. The van der Waals surface area contributed by atoms with E-state index in [1.54, 1.807) is 41.5 Å². The van der Waals surface area contributed by atoms with Gasteiger partial charge in [-0.3, -0.25) is 29.4 Å². The van der Waals surface area contributed by atoms with Crippen molar-refractivity contribution in [3.05, 3.63) is 139 Å². The first-order valence-corrected chi connectivity index (χ1v) is 45.2. The maximum absolute atomic E-state index is 11.5. The summed E-state index contributed by atoms with van der Waals surface area (Å²) in [5.41, 5.74) is -12.3. The first-order chi connectivity index (χ1) is 98.9. The Morgan fingerprint density at radius 3 is 0.596 bits per heavy atom. The molecule has 0 amide bonds. The van der Waals surface area contributed by atoms with Gasteiger partial charge >= 0.3 is 0 Å². The average Bonchev–Trinajstić information content (AvgIpc) is 0.647. The van der Waals surface area contributed by atoms with Crippen LogP contribution in [0.5, 0.6) is 69.0 Å². The van der Waals surface area contributed by atoms with Gasteiger partial charge in [0.1, 0.15) is 0 Å². The summed E-state index contributed by atoms with van der Waals surface area (Å²) in [6, 6.07) is -17.1. The highest BCUT2D eigenvalue weighted by Gasteiger charge is 2.47. The molecule has 141 heavy (non-hydrogen) atoms. The van der Waals surface area contributed by atoms with Gasteiger partial charge in [-0.2, -0.15) is 0 Å². The molecule has 0 saturated carbocycles. The molecule has 786 valence electrons. The van der Waals surface area contributed by atoms with E-state index in [2.05, 4.69) is 0 Å². The quantitative estimate of drug-likeness (QED) is 0.0392. The molecule has 24 heteroatoms. The molecule has 6 fully saturated rings. The van der Waals surface area contributed by atoms with E-state index in [0.29, 0.717) is 41.0 Å². The van der Waals surface area contributed by atoms with E-state index >= 15 is 0 Å². The van der Waals surface area contributed by atoms with Crippen LogP contribution in [0.4, 0.5) is 0 Å². The van der Waals surface area contributed by atoms with Crippen molar-refractivity contribution in [1.29, 1.82) is 0 Å². The molecule has 18 rings (SSSR count). The Kier molecular flexibility index (Phi) is 15.7. The van der Waals surface area contributed by atoms with Gasteiger partial charge in [0.2, 0.25) is 0 Å². The third-order valence-corrected chi connectivity index (χ3v) is 23.3. The van der Waals surface area contributed by atoms with Crippen LogP contribution in [0.25, 0.3) is 0 Å². The Morgan fingerprint density at radius 1 is 0.284 bits per heavy atom. The molecule has 24 nitrogen and oxygen atoms in total. The molecule has 6 N–H and O–H groups in total. The summed E-state index contributed by atoms with van der Waals surface area (Å²) in [6.07, 6.45) is -56.0. The SMILES string of the molecule is [2H]c1c2c(c([2H])c(OC([2H])([2H])[2H])c1OC)C1N(CC2)C([2H])([2H])C([2H])(C([2H])([2H])C(C)(C([2H])([2H])[2H])C([2H])([2H])[2H])C([2H])(O)C1([2H])[2H].[2H]c1c2c(c([2H])c(OC([2H])([2H])[2H])c1OC)C1N(CC2)C([2H])([2H])C([2H])(CC(C)C)C([2H])(O)C1([2H])[2H].[2H]c1c2c(c([2H])c(OC([2H])([2H])[2H])c1OC)C1N(CC2)C([2H])([2H])C([2H])(CC(C)C)C([2H])(O)C1([2H])[2H].[2H]c1c2c(c([2H])c(OC)c1OC)C1N(CC2)C([2H])([2H])C([2H])(C([2H])([2H])C(C)(C([2H])([2H])[2H])C([2H])([2H])[2H])C([2H])(O)C1([2H])[2H].[2H]c1c2c(c([2H])c(OC)c1OC)C1N(CC2)C([2H])([2H])C([2H])(C([2H])([2H])C(C)(C([2H])([2H])[2H])C([2H])([2H])[2H])C([2H])(O)C1([2H])[2H].[2H]c1c2c(c([2H])c(OC)c1OC)C1N(CC2)C([2H])([2H])C([2H])(CC(C)C)C([2H])(O)C1([2H])[2H]. The maximum atomic E-state index is 11.5. The number of benzene rings is 6. The first-order valence-electron chi connectivity index (χ1n) is 85.7. The molecule has 0 bridgehead atoms. The lowest BCUT2D eigenvalue weighted by molar-refractivity contribution is -0.0259. The fourth-order valence-electron chi connectivity index (χ4n) is 17.1. The molecule has 18 unspecified atom stereocenters. The predicted octanol–water partition coefficient (Wildman–Crippen LogP) is 19.3. The molecule has 0 spiro atoms. The maximum Gasteiger partial charge on any atom is 0.161 e. The highest BCUT2D eigenvalue weighted by Crippen LogP contribution is 2.53. The van der Waals surface area contributed by atoms with Crippen molar-refractivity contribution in [1.82, 2.24) is 29.4 Å². The van der Waals surface area contributed by atoms with Crippen molar-refractivity contribution >= 4 is 0 Å². The van der Waals surface area contributed by atoms with Crippen molar-refractivity contribution in [3.63, 3.8) is 0 Å². The highest BCUT2D eigenvalue weighted by molar-refractivity contribution is 5.55. The number of fused-ring (bicyclic) bond motifs is 18. The van der Waals surface area contributed by atoms with Crippen LogP contribution >= 0.6 is 0 Å². The molecule has 12 aliphatic rings. The fourth-order valence-corrected chi connectivity index (χ4v) is 17.1. The Labute approximate surface area is 960 Å². The van der Waals surface area contributed by atoms with Crippen LogP contribution in [-0.2, 0) is 38.5 Å². The number of rotatable bonds is 21. The van der Waals surface area contributed by atoms with Crippen LogP contribution in [0, 0.1) is 69.4 Å². The van der Waals surface area contributed by atoms with E-state index in [1.165, 1.54) is 42.7 Å². The van der Waals surface area contributed by atoms with Crippen LogP contribution in [0.1, 0.15) is 394 Å². The Morgan fingerprint density at radius 2 is 0.440 bits per heavy atom. The van der Waals surface area contributed by atoms with E-state index in [1.807, 2.05) is 0 Å². The summed E-state index contributed by atoms with van der Waals surface area (Å²) in [5, 5.41) is 68.0. The number of nitrogens with zero attached hydrogens (tertiary/aromatic N) is 6. The zero-order valence-corrected chi connectivity index (χ0v) is 81.6. The van der Waals surface area contributed by atoms with Crippen molar-refractivity contribution < 1.29 is 199 Å². The molecular weight excluding hydrogens is 1780 g/mol. The topological polar surface area (TPSA) is 252 Å². The molecule has 6 aromatic rings.